The zero-order valence-electron chi connectivity index (χ0n) is 23.3. The number of nitrogens with one attached hydrogen (secondary N) is 1. The molecule has 0 bridgehead atoms. The third kappa shape index (κ3) is 6.80. The van der Waals surface area contributed by atoms with Crippen LogP contribution in [0.1, 0.15) is 17.5 Å². The van der Waals surface area contributed by atoms with Crippen LogP contribution in [-0.2, 0) is 29.0 Å². The number of sulfone groups is 1. The smallest absolute Gasteiger partial charge is 0.345 e. The molecule has 1 heterocycles. The molecule has 0 aliphatic carbocycles. The van der Waals surface area contributed by atoms with Crippen molar-refractivity contribution in [3.05, 3.63) is 65.7 Å². The lowest BCUT2D eigenvalue weighted by atomic mass is 10.0. The highest BCUT2D eigenvalue weighted by molar-refractivity contribution is 7.98. The zero-order chi connectivity index (χ0) is 31.2. The molecule has 2 aromatic rings. The molecule has 1 aliphatic heterocycles. The molecule has 4 N–H and O–H groups in total. The average Bonchev–Trinajstić information content (AvgIpc) is 3.08. The molecule has 0 saturated heterocycles. The summed E-state index contributed by atoms with van der Waals surface area (Å²) >= 11 is 5.30. The van der Waals surface area contributed by atoms with Crippen LogP contribution in [0, 0.1) is 0 Å². The SMILES string of the molecule is CSCC[C@](NC(=O)CN1C(=O)C(N(C)C(=O)C(N)CS)N=C(c2ccccc2)c2ccccc21)(C(=O)O)S(C)(=O)=O. The van der Waals surface area contributed by atoms with Gasteiger partial charge in [0.05, 0.1) is 17.4 Å². The molecule has 2 aromatic carbocycles. The minimum absolute atomic E-state index is 0.00446. The number of benzene rings is 2. The summed E-state index contributed by atoms with van der Waals surface area (Å²) in [7, 11) is -3.00. The Morgan fingerprint density at radius 2 is 1.81 bits per heavy atom. The van der Waals surface area contributed by atoms with Gasteiger partial charge in [0.25, 0.3) is 5.91 Å². The lowest BCUT2D eigenvalue weighted by Gasteiger charge is -2.32. The summed E-state index contributed by atoms with van der Waals surface area (Å²) in [4.78, 5) is 57.0. The number of likely N-dealkylation sites (N-methyl/N-ethyl adjacent to an activating group) is 1. The second kappa shape index (κ2) is 13.7. The van der Waals surface area contributed by atoms with Crippen molar-refractivity contribution in [2.45, 2.75) is 23.5 Å². The maximum Gasteiger partial charge on any atom is 0.345 e. The number of aliphatic carboxylic acids is 1. The number of para-hydroxylation sites is 1. The van der Waals surface area contributed by atoms with Gasteiger partial charge in [-0.1, -0.05) is 48.5 Å². The van der Waals surface area contributed by atoms with Crippen LogP contribution in [0.4, 0.5) is 5.69 Å². The van der Waals surface area contributed by atoms with Crippen LogP contribution >= 0.6 is 24.4 Å². The van der Waals surface area contributed by atoms with Gasteiger partial charge in [-0.05, 0) is 18.1 Å². The van der Waals surface area contributed by atoms with Gasteiger partial charge >= 0.3 is 5.97 Å². The fourth-order valence-corrected chi connectivity index (χ4v) is 6.31. The van der Waals surface area contributed by atoms with Crippen LogP contribution in [0.15, 0.2) is 59.6 Å². The van der Waals surface area contributed by atoms with Crippen LogP contribution in [-0.4, -0.2) is 103 Å². The Balaban J connectivity index is 2.15. The fraction of sp³-hybridized carbons (Fsp3) is 0.370. The third-order valence-electron chi connectivity index (χ3n) is 6.74. The number of anilines is 1. The van der Waals surface area contributed by atoms with Gasteiger partial charge in [-0.25, -0.2) is 18.2 Å². The number of fused-ring (bicyclic) bond motifs is 1. The quantitative estimate of drug-likeness (QED) is 0.243. The molecule has 3 rings (SSSR count). The van der Waals surface area contributed by atoms with Gasteiger partial charge in [-0.15, -0.1) is 0 Å². The second-order valence-corrected chi connectivity index (χ2v) is 13.2. The first-order valence-electron chi connectivity index (χ1n) is 12.7. The van der Waals surface area contributed by atoms with Crippen molar-refractivity contribution in [2.75, 3.05) is 42.5 Å². The number of thioether (sulfide) groups is 1. The highest BCUT2D eigenvalue weighted by atomic mass is 32.2. The van der Waals surface area contributed by atoms with E-state index in [1.165, 1.54) is 18.8 Å². The van der Waals surface area contributed by atoms with E-state index in [4.69, 9.17) is 5.73 Å². The van der Waals surface area contributed by atoms with Crippen LogP contribution in [0.25, 0.3) is 0 Å². The Labute approximate surface area is 254 Å². The van der Waals surface area contributed by atoms with Gasteiger partial charge in [0, 0.05) is 36.6 Å². The number of nitrogens with zero attached hydrogens (tertiary/aromatic N) is 3. The molecule has 0 spiro atoms. The van der Waals surface area contributed by atoms with Gasteiger partial charge in [0.2, 0.25) is 22.9 Å². The van der Waals surface area contributed by atoms with Crippen LogP contribution in [0.2, 0.25) is 0 Å². The standard InChI is InChI=1S/C27H33N5O7S3/c1-31(24(34)19(28)16-40)23-25(35)32(15-21(33)30-27(26(36)37,13-14-41-2)42(3,38)39)20-12-8-7-11-18(20)22(29-23)17-9-5-4-6-10-17/h4-12,19,23,40H,13-16,28H2,1-3H3,(H,30,33)(H,36,37)/t19?,23?,27-/m1/s1. The first-order chi connectivity index (χ1) is 19.8. The van der Waals surface area contributed by atoms with Crippen molar-refractivity contribution < 1.29 is 32.7 Å². The molecule has 0 saturated carbocycles. The van der Waals surface area contributed by atoms with E-state index in [0.717, 1.165) is 16.1 Å². The molecule has 42 heavy (non-hydrogen) atoms. The van der Waals surface area contributed by atoms with Crippen molar-refractivity contribution >= 4 is 69.3 Å². The van der Waals surface area contributed by atoms with Crippen molar-refractivity contribution in [1.82, 2.24) is 10.2 Å². The highest BCUT2D eigenvalue weighted by Gasteiger charge is 2.50. The molecular formula is C27H33N5O7S3. The molecule has 0 aromatic heterocycles. The first-order valence-corrected chi connectivity index (χ1v) is 16.6. The van der Waals surface area contributed by atoms with Gasteiger partial charge in [-0.2, -0.15) is 24.4 Å². The van der Waals surface area contributed by atoms with Gasteiger partial charge in [-0.3, -0.25) is 19.3 Å². The van der Waals surface area contributed by atoms with E-state index in [0.29, 0.717) is 16.8 Å². The number of hydrogen-bond donors (Lipinski definition) is 4. The number of nitrogens with two attached hydrogens (primary N) is 1. The van der Waals surface area contributed by atoms with E-state index in [2.05, 4.69) is 22.9 Å². The molecule has 0 fully saturated rings. The summed E-state index contributed by atoms with van der Waals surface area (Å²) in [6.45, 7) is -0.756. The summed E-state index contributed by atoms with van der Waals surface area (Å²) in [5, 5.41) is 12.1. The molecule has 0 radical (unpaired) electrons. The van der Waals surface area contributed by atoms with E-state index in [-0.39, 0.29) is 17.2 Å². The molecule has 1 aliphatic rings. The lowest BCUT2D eigenvalue weighted by molar-refractivity contribution is -0.143. The van der Waals surface area contributed by atoms with Crippen LogP contribution < -0.4 is 16.0 Å². The predicted octanol–water partition coefficient (Wildman–Crippen LogP) is 0.607. The van der Waals surface area contributed by atoms with Crippen LogP contribution in [0.5, 0.6) is 0 Å². The Hall–Kier alpha value is -3.40. The number of hydrogen-bond acceptors (Lipinski definition) is 10. The van der Waals surface area contributed by atoms with Gasteiger partial charge in [0.1, 0.15) is 6.54 Å². The third-order valence-corrected chi connectivity index (χ3v) is 9.50. The number of carboxylic acids is 1. The molecule has 3 atom stereocenters. The van der Waals surface area contributed by atoms with E-state index in [1.54, 1.807) is 60.9 Å². The number of rotatable bonds is 12. The zero-order valence-corrected chi connectivity index (χ0v) is 25.8. The van der Waals surface area contributed by atoms with E-state index >= 15 is 0 Å². The monoisotopic (exact) mass is 635 g/mol. The second-order valence-electron chi connectivity index (χ2n) is 9.59. The normalized spacial score (nSPS) is 17.3. The van der Waals surface area contributed by atoms with E-state index in [1.807, 2.05) is 0 Å². The predicted molar refractivity (Wildman–Crippen MR) is 166 cm³/mol. The van der Waals surface area contributed by atoms with Gasteiger partial charge < -0.3 is 21.1 Å². The van der Waals surface area contributed by atoms with Crippen LogP contribution in [0.3, 0.4) is 0 Å². The van der Waals surface area contributed by atoms with E-state index in [9.17, 15) is 32.7 Å². The number of carboxylic acid groups (broad SMARTS) is 1. The summed E-state index contributed by atoms with van der Waals surface area (Å²) in [5.74, 6) is -4.04. The van der Waals surface area contributed by atoms with Crippen molar-refractivity contribution in [3.63, 3.8) is 0 Å². The number of carbonyl (C=O) groups excluding carboxylic acids is 3. The maximum atomic E-state index is 14.1. The molecule has 2 unspecified atom stereocenters. The number of aliphatic imine (C=N–C) groups is 1. The molecular weight excluding hydrogens is 603 g/mol. The molecule has 3 amide bonds. The minimum Gasteiger partial charge on any atom is -0.479 e. The van der Waals surface area contributed by atoms with Crippen molar-refractivity contribution in [1.29, 1.82) is 0 Å². The summed E-state index contributed by atoms with van der Waals surface area (Å²) in [5.41, 5.74) is 7.62. The molecule has 15 heteroatoms. The first kappa shape index (κ1) is 33.1. The van der Waals surface area contributed by atoms with Crippen molar-refractivity contribution in [2.24, 2.45) is 10.7 Å². The Kier molecular flexibility index (Phi) is 10.8. The summed E-state index contributed by atoms with van der Waals surface area (Å²) < 4.78 is 25.4. The number of thiol groups is 1. The summed E-state index contributed by atoms with van der Waals surface area (Å²) in [6.07, 6.45) is 0.539. The number of carbonyl (C=O) groups is 4. The highest BCUT2D eigenvalue weighted by Crippen LogP contribution is 2.30. The maximum absolute atomic E-state index is 14.1. The topological polar surface area (TPSA) is 180 Å². The Morgan fingerprint density at radius 1 is 1.19 bits per heavy atom. The Morgan fingerprint density at radius 3 is 2.38 bits per heavy atom. The van der Waals surface area contributed by atoms with Crippen molar-refractivity contribution in [3.8, 4) is 0 Å². The minimum atomic E-state index is -4.35. The van der Waals surface area contributed by atoms with E-state index < -0.39 is 63.6 Å². The largest absolute Gasteiger partial charge is 0.479 e. The molecule has 226 valence electrons. The Bertz CT molecular complexity index is 1490. The summed E-state index contributed by atoms with van der Waals surface area (Å²) in [6, 6.07) is 14.5. The molecule has 12 nitrogen and oxygen atoms in total. The number of benzodiazepines with no additional fused rings is 1. The average molecular weight is 636 g/mol. The lowest BCUT2D eigenvalue weighted by Crippen LogP contribution is -2.62. The number of amides is 3. The fourth-order valence-electron chi connectivity index (χ4n) is 4.43. The van der Waals surface area contributed by atoms with Gasteiger partial charge in [0.15, 0.2) is 9.84 Å².